The fourth-order valence-corrected chi connectivity index (χ4v) is 5.56. The molecule has 3 aromatic rings. The monoisotopic (exact) mass is 386 g/mol. The van der Waals surface area contributed by atoms with Crippen LogP contribution in [-0.2, 0) is 12.8 Å². The number of imidazole rings is 1. The van der Waals surface area contributed by atoms with Crippen molar-refractivity contribution in [2.24, 2.45) is 11.0 Å². The first kappa shape index (κ1) is 17.4. The highest BCUT2D eigenvalue weighted by Gasteiger charge is 2.22. The number of fused-ring (bicyclic) bond motifs is 2. The molecule has 5 nitrogen and oxygen atoms in total. The second-order valence-electron chi connectivity index (χ2n) is 6.85. The molecule has 1 atom stereocenters. The van der Waals surface area contributed by atoms with Crippen LogP contribution in [0.15, 0.2) is 16.5 Å². The van der Waals surface area contributed by atoms with Crippen LogP contribution >= 0.6 is 22.7 Å². The Labute approximate surface area is 160 Å². The smallest absolute Gasteiger partial charge is 0.281 e. The summed E-state index contributed by atoms with van der Waals surface area (Å²) < 4.78 is 2.06. The van der Waals surface area contributed by atoms with Gasteiger partial charge in [0, 0.05) is 16.0 Å². The van der Waals surface area contributed by atoms with Gasteiger partial charge >= 0.3 is 0 Å². The summed E-state index contributed by atoms with van der Waals surface area (Å²) in [5.41, 5.74) is 6.97. The topological polar surface area (TPSA) is 58.8 Å². The van der Waals surface area contributed by atoms with Crippen LogP contribution in [0.1, 0.15) is 57.0 Å². The van der Waals surface area contributed by atoms with Gasteiger partial charge in [0.15, 0.2) is 4.96 Å². The van der Waals surface area contributed by atoms with E-state index in [1.165, 1.54) is 23.3 Å². The molecule has 136 valence electrons. The number of thiazole rings is 1. The lowest BCUT2D eigenvalue weighted by molar-refractivity contribution is 0.0959. The molecule has 0 aromatic carbocycles. The lowest BCUT2D eigenvalue weighted by Gasteiger charge is -2.19. The average Bonchev–Trinajstić information content (AvgIpc) is 3.30. The zero-order valence-electron chi connectivity index (χ0n) is 15.2. The van der Waals surface area contributed by atoms with E-state index in [0.29, 0.717) is 0 Å². The van der Waals surface area contributed by atoms with Crippen molar-refractivity contribution in [3.8, 4) is 0 Å². The van der Waals surface area contributed by atoms with E-state index in [4.69, 9.17) is 0 Å². The normalized spacial score (nSPS) is 17.1. The highest BCUT2D eigenvalue weighted by molar-refractivity contribution is 7.15. The average molecular weight is 387 g/mol. The molecular formula is C19H22N4OS2. The molecular weight excluding hydrogens is 364 g/mol. The van der Waals surface area contributed by atoms with Gasteiger partial charge in [-0.3, -0.25) is 9.20 Å². The maximum absolute atomic E-state index is 12.5. The van der Waals surface area contributed by atoms with Crippen LogP contribution in [0.5, 0.6) is 0 Å². The summed E-state index contributed by atoms with van der Waals surface area (Å²) in [6, 6.07) is 2.05. The van der Waals surface area contributed by atoms with Gasteiger partial charge in [-0.1, -0.05) is 13.3 Å². The van der Waals surface area contributed by atoms with Crippen LogP contribution in [0.3, 0.4) is 0 Å². The summed E-state index contributed by atoms with van der Waals surface area (Å²) in [7, 11) is 0. The first-order valence-corrected chi connectivity index (χ1v) is 10.6. The van der Waals surface area contributed by atoms with Crippen molar-refractivity contribution in [3.63, 3.8) is 0 Å². The van der Waals surface area contributed by atoms with Crippen molar-refractivity contribution in [3.05, 3.63) is 43.8 Å². The van der Waals surface area contributed by atoms with Gasteiger partial charge in [0.2, 0.25) is 0 Å². The number of hydrazone groups is 1. The molecule has 1 aliphatic rings. The van der Waals surface area contributed by atoms with Crippen LogP contribution < -0.4 is 5.43 Å². The van der Waals surface area contributed by atoms with Gasteiger partial charge in [0.1, 0.15) is 0 Å². The standard InChI is InChI=1S/C19H22N4OS2/c1-4-13-5-6-16-14(7-13)8-17(26-16)18(24)22-20-9-15-12(3)21-19-23(15)11(2)10-25-19/h8-10,13H,4-7H2,1-3H3,(H,22,24)/b20-9+. The van der Waals surface area contributed by atoms with Crippen molar-refractivity contribution >= 4 is 39.8 Å². The van der Waals surface area contributed by atoms with Crippen LogP contribution in [0.4, 0.5) is 0 Å². The molecule has 1 unspecified atom stereocenters. The second kappa shape index (κ2) is 6.96. The van der Waals surface area contributed by atoms with E-state index in [1.807, 2.05) is 13.8 Å². The first-order valence-electron chi connectivity index (χ1n) is 8.95. The summed E-state index contributed by atoms with van der Waals surface area (Å²) >= 11 is 3.22. The van der Waals surface area contributed by atoms with Gasteiger partial charge in [-0.15, -0.1) is 22.7 Å². The Bertz CT molecular complexity index is 995. The number of hydrogen-bond acceptors (Lipinski definition) is 5. The molecule has 0 radical (unpaired) electrons. The minimum atomic E-state index is -0.130. The lowest BCUT2D eigenvalue weighted by Crippen LogP contribution is -2.16. The zero-order chi connectivity index (χ0) is 18.3. The van der Waals surface area contributed by atoms with Crippen molar-refractivity contribution in [1.29, 1.82) is 0 Å². The number of carbonyl (C=O) groups excluding carboxylic acids is 1. The van der Waals surface area contributed by atoms with E-state index in [0.717, 1.165) is 45.7 Å². The fraction of sp³-hybridized carbons (Fsp3) is 0.421. The predicted molar refractivity (Wildman–Crippen MR) is 108 cm³/mol. The minimum absolute atomic E-state index is 0.130. The van der Waals surface area contributed by atoms with E-state index in [9.17, 15) is 4.79 Å². The summed E-state index contributed by atoms with van der Waals surface area (Å²) in [5, 5.41) is 6.25. The number of rotatable bonds is 4. The molecule has 0 fully saturated rings. The first-order chi connectivity index (χ1) is 12.6. The van der Waals surface area contributed by atoms with Gasteiger partial charge < -0.3 is 0 Å². The molecule has 0 spiro atoms. The SMILES string of the molecule is CCC1CCc2sc(C(=O)N/N=C/c3c(C)nc4scc(C)n34)cc2C1. The number of hydrogen-bond donors (Lipinski definition) is 1. The van der Waals surface area contributed by atoms with Crippen molar-refractivity contribution in [1.82, 2.24) is 14.8 Å². The summed E-state index contributed by atoms with van der Waals surface area (Å²) in [6.07, 6.45) is 6.33. The van der Waals surface area contributed by atoms with Crippen LogP contribution in [0.2, 0.25) is 0 Å². The zero-order valence-corrected chi connectivity index (χ0v) is 16.8. The quantitative estimate of drug-likeness (QED) is 0.535. The molecule has 0 bridgehead atoms. The van der Waals surface area contributed by atoms with Gasteiger partial charge in [0.05, 0.1) is 22.5 Å². The molecule has 1 aliphatic carbocycles. The van der Waals surface area contributed by atoms with Crippen molar-refractivity contribution in [2.75, 3.05) is 0 Å². The number of amides is 1. The maximum atomic E-state index is 12.5. The van der Waals surface area contributed by atoms with E-state index in [1.54, 1.807) is 28.9 Å². The van der Waals surface area contributed by atoms with E-state index < -0.39 is 0 Å². The number of nitrogens with one attached hydrogen (secondary N) is 1. The minimum Gasteiger partial charge on any atom is -0.286 e. The highest BCUT2D eigenvalue weighted by Crippen LogP contribution is 2.33. The van der Waals surface area contributed by atoms with Crippen molar-refractivity contribution in [2.45, 2.75) is 46.5 Å². The molecule has 7 heteroatoms. The van der Waals surface area contributed by atoms with Gasteiger partial charge in [0.25, 0.3) is 5.91 Å². The summed E-state index contributed by atoms with van der Waals surface area (Å²) in [5.74, 6) is 0.626. The maximum Gasteiger partial charge on any atom is 0.281 e. The molecule has 4 rings (SSSR count). The van der Waals surface area contributed by atoms with E-state index in [2.05, 4.69) is 38.3 Å². The summed E-state index contributed by atoms with van der Waals surface area (Å²) in [4.78, 5) is 20.1. The fourth-order valence-electron chi connectivity index (χ4n) is 3.54. The predicted octanol–water partition coefficient (Wildman–Crippen LogP) is 4.35. The third-order valence-electron chi connectivity index (χ3n) is 5.09. The second-order valence-corrected chi connectivity index (χ2v) is 8.83. The molecule has 3 heterocycles. The Balaban J connectivity index is 1.49. The van der Waals surface area contributed by atoms with Gasteiger partial charge in [-0.05, 0) is 50.7 Å². The lowest BCUT2D eigenvalue weighted by atomic mass is 9.87. The molecule has 0 saturated carbocycles. The number of aryl methyl sites for hydroxylation is 3. The molecule has 1 amide bonds. The number of aromatic nitrogens is 2. The van der Waals surface area contributed by atoms with Gasteiger partial charge in [-0.25, -0.2) is 10.4 Å². The molecule has 26 heavy (non-hydrogen) atoms. The molecule has 1 N–H and O–H groups in total. The van der Waals surface area contributed by atoms with Crippen LogP contribution in [-0.4, -0.2) is 21.5 Å². The van der Waals surface area contributed by atoms with Crippen LogP contribution in [0.25, 0.3) is 4.96 Å². The largest absolute Gasteiger partial charge is 0.286 e. The Kier molecular flexibility index (Phi) is 4.67. The summed E-state index contributed by atoms with van der Waals surface area (Å²) in [6.45, 7) is 6.25. The van der Waals surface area contributed by atoms with Crippen molar-refractivity contribution < 1.29 is 4.79 Å². The Morgan fingerprint density at radius 1 is 1.50 bits per heavy atom. The molecule has 0 aliphatic heterocycles. The number of nitrogens with zero attached hydrogens (tertiary/aromatic N) is 3. The van der Waals surface area contributed by atoms with Gasteiger partial charge in [-0.2, -0.15) is 5.10 Å². The Morgan fingerprint density at radius 3 is 3.15 bits per heavy atom. The molecule has 0 saturated heterocycles. The number of thiophene rings is 1. The molecule has 3 aromatic heterocycles. The van der Waals surface area contributed by atoms with E-state index in [-0.39, 0.29) is 5.91 Å². The highest BCUT2D eigenvalue weighted by atomic mass is 32.1. The third-order valence-corrected chi connectivity index (χ3v) is 7.27. The third kappa shape index (κ3) is 3.10. The Hall–Kier alpha value is -1.99. The van der Waals surface area contributed by atoms with Crippen LogP contribution in [0, 0.1) is 19.8 Å². The van der Waals surface area contributed by atoms with E-state index >= 15 is 0 Å². The number of carbonyl (C=O) groups is 1. The Morgan fingerprint density at radius 2 is 2.35 bits per heavy atom.